The first-order chi connectivity index (χ1) is 19.3. The molecule has 2 aromatic rings. The summed E-state index contributed by atoms with van der Waals surface area (Å²) in [6, 6.07) is 12.5. The number of urea groups is 1. The minimum atomic E-state index is -1.47. The number of rotatable bonds is 9. The van der Waals surface area contributed by atoms with Crippen LogP contribution in [0.2, 0.25) is 0 Å². The smallest absolute Gasteiger partial charge is 0.404 e. The maximum absolute atomic E-state index is 15.6. The van der Waals surface area contributed by atoms with Gasteiger partial charge in [-0.1, -0.05) is 43.3 Å². The lowest BCUT2D eigenvalue weighted by Gasteiger charge is -2.45. The van der Waals surface area contributed by atoms with Crippen molar-refractivity contribution in [2.45, 2.75) is 57.5 Å². The highest BCUT2D eigenvalue weighted by molar-refractivity contribution is 5.75. The van der Waals surface area contributed by atoms with Crippen LogP contribution in [0.4, 0.5) is 14.0 Å². The van der Waals surface area contributed by atoms with Crippen LogP contribution in [0.1, 0.15) is 56.6 Å². The third kappa shape index (κ3) is 6.75. The van der Waals surface area contributed by atoms with E-state index in [0.29, 0.717) is 68.2 Å². The van der Waals surface area contributed by atoms with Gasteiger partial charge in [0, 0.05) is 37.7 Å². The summed E-state index contributed by atoms with van der Waals surface area (Å²) in [5.74, 6) is -0.303. The first kappa shape index (κ1) is 29.8. The summed E-state index contributed by atoms with van der Waals surface area (Å²) in [5, 5.41) is 12.5. The van der Waals surface area contributed by atoms with E-state index in [0.717, 1.165) is 31.2 Å². The number of aryl methyl sites for hydroxylation is 1. The summed E-state index contributed by atoms with van der Waals surface area (Å²) in [7, 11) is 0. The highest BCUT2D eigenvalue weighted by Gasteiger charge is 2.43. The largest absolute Gasteiger partial charge is 0.450 e. The molecule has 40 heavy (non-hydrogen) atoms. The van der Waals surface area contributed by atoms with Gasteiger partial charge in [0.05, 0.1) is 12.2 Å². The number of nitrogens with zero attached hydrogens (tertiary/aromatic N) is 2. The van der Waals surface area contributed by atoms with Crippen molar-refractivity contribution in [3.05, 3.63) is 59.4 Å². The molecule has 0 bridgehead atoms. The van der Waals surface area contributed by atoms with Crippen LogP contribution in [0.3, 0.4) is 0 Å². The zero-order valence-electron chi connectivity index (χ0n) is 23.5. The Kier molecular flexibility index (Phi) is 10.0. The van der Waals surface area contributed by atoms with Gasteiger partial charge in [-0.15, -0.1) is 0 Å². The molecule has 2 aliphatic heterocycles. The van der Waals surface area contributed by atoms with Crippen LogP contribution in [0.25, 0.3) is 11.1 Å². The van der Waals surface area contributed by atoms with Crippen molar-refractivity contribution in [3.63, 3.8) is 0 Å². The molecular formula is C31H43FN4O4. The molecular weight excluding hydrogens is 511 g/mol. The molecule has 0 unspecified atom stereocenters. The van der Waals surface area contributed by atoms with E-state index in [1.54, 1.807) is 12.1 Å². The Labute approximate surface area is 236 Å². The van der Waals surface area contributed by atoms with Gasteiger partial charge in [0.25, 0.3) is 0 Å². The van der Waals surface area contributed by atoms with Gasteiger partial charge in [0.1, 0.15) is 5.82 Å². The fourth-order valence-electron chi connectivity index (χ4n) is 6.30. The molecule has 2 saturated heterocycles. The van der Waals surface area contributed by atoms with Crippen LogP contribution in [0.15, 0.2) is 42.5 Å². The maximum Gasteiger partial charge on any atom is 0.404 e. The summed E-state index contributed by atoms with van der Waals surface area (Å²) in [6.45, 7) is 5.05. The number of likely N-dealkylation sites (tertiary alicyclic amines) is 2. The summed E-state index contributed by atoms with van der Waals surface area (Å²) < 4.78 is 20.6. The molecule has 2 aromatic carbocycles. The van der Waals surface area contributed by atoms with E-state index in [1.165, 1.54) is 6.07 Å². The fourth-order valence-corrected chi connectivity index (χ4v) is 6.30. The fraction of sp³-hybridized carbons (Fsp3) is 0.548. The van der Waals surface area contributed by atoms with E-state index >= 15 is 4.39 Å². The van der Waals surface area contributed by atoms with Crippen LogP contribution in [-0.4, -0.2) is 66.4 Å². The van der Waals surface area contributed by atoms with Gasteiger partial charge in [0.2, 0.25) is 0 Å². The number of carbonyl (C=O) groups excluding carboxylic acids is 2. The molecule has 0 aliphatic carbocycles. The Morgan fingerprint density at radius 3 is 2.55 bits per heavy atom. The Balaban J connectivity index is 1.66. The number of carbonyl (C=O) groups is 2. The molecule has 9 heteroatoms. The summed E-state index contributed by atoms with van der Waals surface area (Å²) >= 11 is 0. The predicted molar refractivity (Wildman–Crippen MR) is 153 cm³/mol. The number of hydrogen-bond donors (Lipinski definition) is 3. The highest BCUT2D eigenvalue weighted by Crippen LogP contribution is 2.44. The summed E-state index contributed by atoms with van der Waals surface area (Å²) in [4.78, 5) is 28.4. The predicted octanol–water partition coefficient (Wildman–Crippen LogP) is 4.62. The van der Waals surface area contributed by atoms with Gasteiger partial charge in [-0.2, -0.15) is 0 Å². The van der Waals surface area contributed by atoms with Gasteiger partial charge >= 0.3 is 12.1 Å². The number of amides is 3. The molecule has 218 valence electrons. The van der Waals surface area contributed by atoms with E-state index < -0.39 is 17.5 Å². The second-order valence-corrected chi connectivity index (χ2v) is 11.1. The Morgan fingerprint density at radius 1 is 1.10 bits per heavy atom. The van der Waals surface area contributed by atoms with Gasteiger partial charge in [-0.05, 0) is 80.2 Å². The van der Waals surface area contributed by atoms with Gasteiger partial charge in [0.15, 0.2) is 0 Å². The van der Waals surface area contributed by atoms with E-state index in [2.05, 4.69) is 0 Å². The minimum Gasteiger partial charge on any atom is -0.450 e. The van der Waals surface area contributed by atoms with E-state index in [-0.39, 0.29) is 25.0 Å². The average Bonchev–Trinajstić information content (AvgIpc) is 2.98. The number of primary amides is 1. The first-order valence-electron chi connectivity index (χ1n) is 14.5. The second-order valence-electron chi connectivity index (χ2n) is 11.1. The number of nitrogens with two attached hydrogens (primary N) is 2. The number of ether oxygens (including phenoxy) is 1. The Bertz CT molecular complexity index is 1170. The van der Waals surface area contributed by atoms with E-state index in [9.17, 15) is 14.7 Å². The van der Waals surface area contributed by atoms with E-state index in [1.807, 2.05) is 41.0 Å². The molecule has 3 amide bonds. The highest BCUT2D eigenvalue weighted by atomic mass is 19.1. The Morgan fingerprint density at radius 2 is 1.85 bits per heavy atom. The standard InChI is InChI=1S/C31H43FN4O4/c1-2-22-7-3-8-24(19-22)28-26(10-4-11-27(28)32)31(39,14-6-18-40-29(34)37)25-9-5-15-36(21-25)30(38)35-16-12-23(20-33)13-17-35/h3-4,7-8,10-11,19,23,25,39H,2,5-6,9,12-18,20-21,33H2,1H3,(H2,34,37)/t25-,31+/m1/s1. The van der Waals surface area contributed by atoms with Crippen LogP contribution in [0.5, 0.6) is 0 Å². The minimum absolute atomic E-state index is 0.0188. The quantitative estimate of drug-likeness (QED) is 0.391. The number of halogens is 1. The van der Waals surface area contributed by atoms with Crippen LogP contribution >= 0.6 is 0 Å². The summed E-state index contributed by atoms with van der Waals surface area (Å²) in [6.07, 6.45) is 3.68. The molecule has 2 fully saturated rings. The zero-order chi connectivity index (χ0) is 28.7. The number of benzene rings is 2. The lowest BCUT2D eigenvalue weighted by atomic mass is 9.72. The van der Waals surface area contributed by atoms with Gasteiger partial charge < -0.3 is 31.1 Å². The topological polar surface area (TPSA) is 122 Å². The van der Waals surface area contributed by atoms with Crippen LogP contribution in [-0.2, 0) is 16.8 Å². The molecule has 2 aliphatic rings. The van der Waals surface area contributed by atoms with Crippen LogP contribution in [0, 0.1) is 17.7 Å². The molecule has 8 nitrogen and oxygen atoms in total. The molecule has 2 atom stereocenters. The summed E-state index contributed by atoms with van der Waals surface area (Å²) in [5.41, 5.74) is 12.1. The number of piperidine rings is 2. The van der Waals surface area contributed by atoms with Gasteiger partial charge in [-0.25, -0.2) is 14.0 Å². The van der Waals surface area contributed by atoms with E-state index in [4.69, 9.17) is 16.2 Å². The zero-order valence-corrected chi connectivity index (χ0v) is 23.5. The molecule has 2 heterocycles. The van der Waals surface area contributed by atoms with Crippen molar-refractivity contribution in [1.82, 2.24) is 9.80 Å². The average molecular weight is 555 g/mol. The second kappa shape index (κ2) is 13.5. The molecule has 0 radical (unpaired) electrons. The van der Waals surface area contributed by atoms with Crippen molar-refractivity contribution >= 4 is 12.1 Å². The molecule has 4 rings (SSSR count). The lowest BCUT2D eigenvalue weighted by molar-refractivity contribution is -0.0591. The Hall–Kier alpha value is -3.17. The van der Waals surface area contributed by atoms with Crippen molar-refractivity contribution in [2.24, 2.45) is 23.3 Å². The van der Waals surface area contributed by atoms with Crippen LogP contribution < -0.4 is 11.5 Å². The number of aliphatic hydroxyl groups is 1. The monoisotopic (exact) mass is 554 g/mol. The van der Waals surface area contributed by atoms with Crippen molar-refractivity contribution in [2.75, 3.05) is 39.3 Å². The molecule has 0 spiro atoms. The molecule has 5 N–H and O–H groups in total. The SMILES string of the molecule is CCc1cccc(-c2c(F)cccc2[C@](O)(CCCOC(N)=O)[C@@H]2CCCN(C(=O)N3CCC(CN)CC3)C2)c1. The lowest BCUT2D eigenvalue weighted by Crippen LogP contribution is -2.53. The number of hydrogen-bond acceptors (Lipinski definition) is 5. The third-order valence-electron chi connectivity index (χ3n) is 8.64. The molecule has 0 aromatic heterocycles. The van der Waals surface area contributed by atoms with Crippen molar-refractivity contribution in [3.8, 4) is 11.1 Å². The first-order valence-corrected chi connectivity index (χ1v) is 14.5. The van der Waals surface area contributed by atoms with Crippen molar-refractivity contribution in [1.29, 1.82) is 0 Å². The van der Waals surface area contributed by atoms with Gasteiger partial charge in [-0.3, -0.25) is 0 Å². The molecule has 0 saturated carbocycles. The van der Waals surface area contributed by atoms with Crippen molar-refractivity contribution < 1.29 is 23.8 Å². The third-order valence-corrected chi connectivity index (χ3v) is 8.64. The maximum atomic E-state index is 15.6. The normalized spacial score (nSPS) is 19.8.